The van der Waals surface area contributed by atoms with E-state index in [2.05, 4.69) is 27.9 Å². The summed E-state index contributed by atoms with van der Waals surface area (Å²) in [6, 6.07) is 4.20. The number of nitrogens with one attached hydrogen (secondary N) is 2. The van der Waals surface area contributed by atoms with E-state index < -0.39 is 0 Å². The number of hydrogen-bond donors (Lipinski definition) is 2. The van der Waals surface area contributed by atoms with E-state index in [0.29, 0.717) is 10.5 Å². The fourth-order valence-corrected chi connectivity index (χ4v) is 2.63. The van der Waals surface area contributed by atoms with Gasteiger partial charge in [-0.25, -0.2) is 0 Å². The zero-order valence-corrected chi connectivity index (χ0v) is 6.45. The van der Waals surface area contributed by atoms with Gasteiger partial charge in [0.05, 0.1) is 5.03 Å². The fourth-order valence-electron chi connectivity index (χ4n) is 1.04. The summed E-state index contributed by atoms with van der Waals surface area (Å²) in [4.78, 5) is 3.22. The van der Waals surface area contributed by atoms with Crippen LogP contribution in [0.25, 0.3) is 0 Å². The van der Waals surface area contributed by atoms with Crippen molar-refractivity contribution in [3.05, 3.63) is 18.3 Å². The molecule has 2 nitrogen and oxygen atoms in total. The Labute approximate surface area is 62.6 Å². The average molecular weight is 154 g/mol. The maximum atomic E-state index is 3.23. The maximum absolute atomic E-state index is 3.23. The summed E-state index contributed by atoms with van der Waals surface area (Å²) in [6.45, 7) is 1.13. The Bertz CT molecular complexity index is 238. The SMILES string of the molecule is C1=S(c2ccc[nH]2)CCN1. The summed E-state index contributed by atoms with van der Waals surface area (Å²) in [6.07, 6.45) is 1.98. The van der Waals surface area contributed by atoms with Crippen molar-refractivity contribution >= 4 is 16.0 Å². The van der Waals surface area contributed by atoms with Crippen LogP contribution in [0.15, 0.2) is 23.4 Å². The zero-order chi connectivity index (χ0) is 6.81. The van der Waals surface area contributed by atoms with Gasteiger partial charge in [0.15, 0.2) is 0 Å². The first-order valence-electron chi connectivity index (χ1n) is 3.36. The summed E-state index contributed by atoms with van der Waals surface area (Å²) in [5, 5.41) is 4.58. The molecule has 0 aromatic carbocycles. The first-order chi connectivity index (χ1) is 4.97. The van der Waals surface area contributed by atoms with E-state index in [9.17, 15) is 0 Å². The monoisotopic (exact) mass is 154 g/mol. The molecule has 0 aliphatic carbocycles. The maximum Gasteiger partial charge on any atom is 0.0675 e. The molecule has 0 saturated heterocycles. The Morgan fingerprint density at radius 1 is 1.50 bits per heavy atom. The third-order valence-electron chi connectivity index (χ3n) is 1.54. The van der Waals surface area contributed by atoms with Crippen LogP contribution in [0.4, 0.5) is 0 Å². The molecular weight excluding hydrogens is 144 g/mol. The zero-order valence-electron chi connectivity index (χ0n) is 5.63. The van der Waals surface area contributed by atoms with Crippen LogP contribution in [0, 0.1) is 0 Å². The lowest BCUT2D eigenvalue weighted by atomic mass is 10.7. The largest absolute Gasteiger partial charge is 0.357 e. The van der Waals surface area contributed by atoms with Gasteiger partial charge in [-0.2, -0.15) is 0 Å². The molecule has 1 atom stereocenters. The normalized spacial score (nSPS) is 24.6. The van der Waals surface area contributed by atoms with Gasteiger partial charge in [-0.1, -0.05) is 0 Å². The van der Waals surface area contributed by atoms with Crippen molar-refractivity contribution in [1.29, 1.82) is 0 Å². The van der Waals surface area contributed by atoms with Crippen LogP contribution in [0.3, 0.4) is 0 Å². The summed E-state index contributed by atoms with van der Waals surface area (Å²) in [5.74, 6) is 1.25. The minimum absolute atomic E-state index is 0.349. The van der Waals surface area contributed by atoms with Crippen molar-refractivity contribution in [3.8, 4) is 0 Å². The van der Waals surface area contributed by atoms with Gasteiger partial charge in [0, 0.05) is 24.0 Å². The molecule has 2 N–H and O–H groups in total. The van der Waals surface area contributed by atoms with E-state index >= 15 is 0 Å². The molecule has 0 amide bonds. The van der Waals surface area contributed by atoms with E-state index in [1.54, 1.807) is 0 Å². The molecule has 1 aliphatic rings. The van der Waals surface area contributed by atoms with Crippen molar-refractivity contribution in [3.63, 3.8) is 0 Å². The van der Waals surface area contributed by atoms with E-state index in [4.69, 9.17) is 0 Å². The number of aromatic nitrogens is 1. The Morgan fingerprint density at radius 3 is 3.10 bits per heavy atom. The van der Waals surface area contributed by atoms with Gasteiger partial charge in [-0.15, -0.1) is 10.5 Å². The van der Waals surface area contributed by atoms with Crippen molar-refractivity contribution in [2.45, 2.75) is 5.03 Å². The minimum atomic E-state index is 0.349. The highest BCUT2D eigenvalue weighted by atomic mass is 32.2. The Hall–Kier alpha value is -0.540. The van der Waals surface area contributed by atoms with E-state index in [0.717, 1.165) is 6.54 Å². The Morgan fingerprint density at radius 2 is 2.50 bits per heavy atom. The fraction of sp³-hybridized carbons (Fsp3) is 0.286. The van der Waals surface area contributed by atoms with Crippen LogP contribution >= 0.6 is 10.5 Å². The van der Waals surface area contributed by atoms with Gasteiger partial charge in [0.2, 0.25) is 0 Å². The molecule has 3 heteroatoms. The Kier molecular flexibility index (Phi) is 1.61. The highest BCUT2D eigenvalue weighted by Gasteiger charge is 2.03. The third-order valence-corrected chi connectivity index (χ3v) is 3.46. The third kappa shape index (κ3) is 1.02. The van der Waals surface area contributed by atoms with Gasteiger partial charge in [-0.05, 0) is 12.1 Å². The molecule has 1 aliphatic heterocycles. The highest BCUT2D eigenvalue weighted by molar-refractivity contribution is 8.15. The lowest BCUT2D eigenvalue weighted by molar-refractivity contribution is 1.03. The van der Waals surface area contributed by atoms with Gasteiger partial charge < -0.3 is 4.98 Å². The van der Waals surface area contributed by atoms with Crippen molar-refractivity contribution < 1.29 is 0 Å². The Balaban J connectivity index is 2.28. The smallest absolute Gasteiger partial charge is 0.0675 e. The standard InChI is InChI=1S/C7H10N2S/c1-2-7(9-3-1)10-5-4-8-6-10/h1-3,6,8-9H,4-5H2. The molecule has 0 saturated carbocycles. The van der Waals surface area contributed by atoms with Gasteiger partial charge in [0.1, 0.15) is 0 Å². The summed E-state index contributed by atoms with van der Waals surface area (Å²) in [5.41, 5.74) is 2.19. The van der Waals surface area contributed by atoms with Crippen molar-refractivity contribution in [1.82, 2.24) is 10.3 Å². The number of hydrogen-bond acceptors (Lipinski definition) is 1. The molecule has 2 rings (SSSR count). The lowest BCUT2D eigenvalue weighted by Crippen LogP contribution is -2.04. The number of aromatic amines is 1. The molecule has 1 unspecified atom stereocenters. The summed E-state index contributed by atoms with van der Waals surface area (Å²) >= 11 is 0. The number of H-pyrrole nitrogens is 1. The summed E-state index contributed by atoms with van der Waals surface area (Å²) < 4.78 is 0. The molecule has 1 aromatic heterocycles. The predicted octanol–water partition coefficient (Wildman–Crippen LogP) is 1.01. The van der Waals surface area contributed by atoms with Crippen LogP contribution in [0.1, 0.15) is 0 Å². The molecule has 54 valence electrons. The molecule has 1 aromatic rings. The van der Waals surface area contributed by atoms with Gasteiger partial charge in [-0.3, -0.25) is 5.32 Å². The lowest BCUT2D eigenvalue weighted by Gasteiger charge is -1.95. The van der Waals surface area contributed by atoms with Gasteiger partial charge >= 0.3 is 0 Å². The van der Waals surface area contributed by atoms with Crippen molar-refractivity contribution in [2.75, 3.05) is 12.3 Å². The molecule has 0 spiro atoms. The van der Waals surface area contributed by atoms with Crippen LogP contribution < -0.4 is 5.32 Å². The molecular formula is C7H10N2S. The molecule has 10 heavy (non-hydrogen) atoms. The quantitative estimate of drug-likeness (QED) is 0.580. The van der Waals surface area contributed by atoms with Gasteiger partial charge in [0.25, 0.3) is 0 Å². The van der Waals surface area contributed by atoms with E-state index in [-0.39, 0.29) is 0 Å². The van der Waals surface area contributed by atoms with Crippen LogP contribution in [0.5, 0.6) is 0 Å². The predicted molar refractivity (Wildman–Crippen MR) is 45.6 cm³/mol. The summed E-state index contributed by atoms with van der Waals surface area (Å²) in [7, 11) is 0.349. The second kappa shape index (κ2) is 2.60. The highest BCUT2D eigenvalue weighted by Crippen LogP contribution is 2.24. The minimum Gasteiger partial charge on any atom is -0.357 e. The first kappa shape index (κ1) is 6.19. The molecule has 0 fully saturated rings. The van der Waals surface area contributed by atoms with E-state index in [1.165, 1.54) is 10.8 Å². The average Bonchev–Trinajstić information content (AvgIpc) is 2.59. The van der Waals surface area contributed by atoms with E-state index in [1.807, 2.05) is 6.20 Å². The van der Waals surface area contributed by atoms with Crippen LogP contribution in [-0.4, -0.2) is 22.8 Å². The van der Waals surface area contributed by atoms with Crippen LogP contribution in [0.2, 0.25) is 0 Å². The molecule has 0 bridgehead atoms. The van der Waals surface area contributed by atoms with Crippen LogP contribution in [-0.2, 0) is 0 Å². The second-order valence-corrected chi connectivity index (χ2v) is 4.18. The molecule has 0 radical (unpaired) electrons. The molecule has 2 heterocycles. The number of rotatable bonds is 1. The first-order valence-corrected chi connectivity index (χ1v) is 4.82. The second-order valence-electron chi connectivity index (χ2n) is 2.24. The topological polar surface area (TPSA) is 27.8 Å². The van der Waals surface area contributed by atoms with Crippen molar-refractivity contribution in [2.24, 2.45) is 0 Å².